The molecule has 106 valence electrons. The van der Waals surface area contributed by atoms with Crippen LogP contribution in [0.2, 0.25) is 0 Å². The molecule has 3 unspecified atom stereocenters. The van der Waals surface area contributed by atoms with Gasteiger partial charge in [-0.2, -0.15) is 0 Å². The van der Waals surface area contributed by atoms with Crippen LogP contribution in [-0.2, 0) is 0 Å². The fourth-order valence-corrected chi connectivity index (χ4v) is 4.16. The Morgan fingerprint density at radius 2 is 1.78 bits per heavy atom. The maximum atomic E-state index is 3.77. The standard InChI is InChI=1S/C16H32N2/c1-4-7-8-15(5-2)18(6-3)16-11-13-9-10-14(12-16)17-13/h13-17H,4-12H2,1-3H3. The van der Waals surface area contributed by atoms with E-state index in [1.165, 1.54) is 57.9 Å². The molecule has 2 heteroatoms. The minimum absolute atomic E-state index is 0.825. The third-order valence-electron chi connectivity index (χ3n) is 5.11. The van der Waals surface area contributed by atoms with Gasteiger partial charge in [-0.05, 0) is 45.1 Å². The molecule has 0 aromatic carbocycles. The van der Waals surface area contributed by atoms with Crippen molar-refractivity contribution < 1.29 is 0 Å². The molecule has 0 aromatic rings. The van der Waals surface area contributed by atoms with E-state index >= 15 is 0 Å². The zero-order valence-electron chi connectivity index (χ0n) is 12.6. The average Bonchev–Trinajstić information content (AvgIpc) is 2.73. The van der Waals surface area contributed by atoms with Gasteiger partial charge < -0.3 is 5.32 Å². The fourth-order valence-electron chi connectivity index (χ4n) is 4.16. The van der Waals surface area contributed by atoms with E-state index in [-0.39, 0.29) is 0 Å². The molecule has 3 atom stereocenters. The van der Waals surface area contributed by atoms with Gasteiger partial charge in [-0.3, -0.25) is 4.90 Å². The third-order valence-corrected chi connectivity index (χ3v) is 5.11. The number of rotatable bonds is 7. The van der Waals surface area contributed by atoms with Crippen LogP contribution in [0.15, 0.2) is 0 Å². The second-order valence-electron chi connectivity index (χ2n) is 6.30. The first-order chi connectivity index (χ1) is 8.78. The number of unbranched alkanes of at least 4 members (excludes halogenated alkanes) is 1. The normalized spacial score (nSPS) is 33.0. The van der Waals surface area contributed by atoms with Gasteiger partial charge in [0, 0.05) is 24.2 Å². The molecule has 0 radical (unpaired) electrons. The van der Waals surface area contributed by atoms with E-state index in [4.69, 9.17) is 0 Å². The van der Waals surface area contributed by atoms with Crippen molar-refractivity contribution >= 4 is 0 Å². The predicted molar refractivity (Wildman–Crippen MR) is 79.0 cm³/mol. The smallest absolute Gasteiger partial charge is 0.0128 e. The fraction of sp³-hybridized carbons (Fsp3) is 1.00. The second kappa shape index (κ2) is 6.91. The zero-order chi connectivity index (χ0) is 13.0. The number of piperidine rings is 1. The van der Waals surface area contributed by atoms with E-state index in [9.17, 15) is 0 Å². The van der Waals surface area contributed by atoms with E-state index in [1.807, 2.05) is 0 Å². The van der Waals surface area contributed by atoms with Crippen molar-refractivity contribution in [1.82, 2.24) is 10.2 Å². The molecule has 2 fully saturated rings. The van der Waals surface area contributed by atoms with Gasteiger partial charge in [0.1, 0.15) is 0 Å². The van der Waals surface area contributed by atoms with Crippen molar-refractivity contribution in [1.29, 1.82) is 0 Å². The van der Waals surface area contributed by atoms with Crippen LogP contribution in [0.4, 0.5) is 0 Å². The SMILES string of the molecule is CCCCC(CC)N(CC)C1CC2CCC(C1)N2. The van der Waals surface area contributed by atoms with Crippen LogP contribution in [0.3, 0.4) is 0 Å². The molecule has 18 heavy (non-hydrogen) atoms. The summed E-state index contributed by atoms with van der Waals surface area (Å²) in [6.45, 7) is 8.29. The molecule has 0 amide bonds. The predicted octanol–water partition coefficient (Wildman–Crippen LogP) is 3.56. The van der Waals surface area contributed by atoms with E-state index in [2.05, 4.69) is 31.0 Å². The van der Waals surface area contributed by atoms with Gasteiger partial charge in [-0.15, -0.1) is 0 Å². The highest BCUT2D eigenvalue weighted by molar-refractivity contribution is 4.96. The first-order valence-corrected chi connectivity index (χ1v) is 8.30. The topological polar surface area (TPSA) is 15.3 Å². The van der Waals surface area contributed by atoms with Gasteiger partial charge in [0.2, 0.25) is 0 Å². The van der Waals surface area contributed by atoms with Crippen molar-refractivity contribution in [2.75, 3.05) is 6.54 Å². The molecule has 2 bridgehead atoms. The molecule has 2 heterocycles. The lowest BCUT2D eigenvalue weighted by Crippen LogP contribution is -2.51. The van der Waals surface area contributed by atoms with E-state index in [0.29, 0.717) is 0 Å². The van der Waals surface area contributed by atoms with Crippen molar-refractivity contribution in [2.45, 2.75) is 96.3 Å². The van der Waals surface area contributed by atoms with Gasteiger partial charge in [0.25, 0.3) is 0 Å². The van der Waals surface area contributed by atoms with Gasteiger partial charge in [0.05, 0.1) is 0 Å². The second-order valence-corrected chi connectivity index (χ2v) is 6.30. The Balaban J connectivity index is 1.93. The van der Waals surface area contributed by atoms with Crippen LogP contribution in [0.5, 0.6) is 0 Å². The van der Waals surface area contributed by atoms with Crippen molar-refractivity contribution in [2.24, 2.45) is 0 Å². The summed E-state index contributed by atoms with van der Waals surface area (Å²) in [5.41, 5.74) is 0. The first kappa shape index (κ1) is 14.3. The van der Waals surface area contributed by atoms with Gasteiger partial charge in [-0.1, -0.05) is 33.6 Å². The lowest BCUT2D eigenvalue weighted by Gasteiger charge is -2.41. The summed E-state index contributed by atoms with van der Waals surface area (Å²) in [4.78, 5) is 2.84. The van der Waals surface area contributed by atoms with E-state index < -0.39 is 0 Å². The number of hydrogen-bond donors (Lipinski definition) is 1. The third kappa shape index (κ3) is 3.27. The van der Waals surface area contributed by atoms with Crippen LogP contribution in [0, 0.1) is 0 Å². The summed E-state index contributed by atoms with van der Waals surface area (Å²) in [5.74, 6) is 0. The highest BCUT2D eigenvalue weighted by Crippen LogP contribution is 2.31. The maximum Gasteiger partial charge on any atom is 0.0128 e. The van der Waals surface area contributed by atoms with Crippen LogP contribution in [-0.4, -0.2) is 35.6 Å². The van der Waals surface area contributed by atoms with Crippen molar-refractivity contribution in [3.8, 4) is 0 Å². The van der Waals surface area contributed by atoms with Crippen molar-refractivity contribution in [3.63, 3.8) is 0 Å². The van der Waals surface area contributed by atoms with Gasteiger partial charge in [-0.25, -0.2) is 0 Å². The Bertz CT molecular complexity index is 229. The molecule has 2 saturated heterocycles. The monoisotopic (exact) mass is 252 g/mol. The summed E-state index contributed by atoms with van der Waals surface area (Å²) in [5, 5.41) is 3.77. The molecule has 1 N–H and O–H groups in total. The van der Waals surface area contributed by atoms with E-state index in [1.54, 1.807) is 0 Å². The molecule has 0 saturated carbocycles. The Hall–Kier alpha value is -0.0800. The maximum absolute atomic E-state index is 3.77. The molecule has 2 rings (SSSR count). The molecular weight excluding hydrogens is 220 g/mol. The minimum atomic E-state index is 0.825. The lowest BCUT2D eigenvalue weighted by atomic mass is 9.94. The van der Waals surface area contributed by atoms with Gasteiger partial charge in [0.15, 0.2) is 0 Å². The molecular formula is C16H32N2. The van der Waals surface area contributed by atoms with Crippen LogP contribution < -0.4 is 5.32 Å². The van der Waals surface area contributed by atoms with Gasteiger partial charge >= 0.3 is 0 Å². The number of fused-ring (bicyclic) bond motifs is 2. The van der Waals surface area contributed by atoms with E-state index in [0.717, 1.165) is 24.2 Å². The van der Waals surface area contributed by atoms with Crippen LogP contribution in [0.25, 0.3) is 0 Å². The Kier molecular flexibility index (Phi) is 5.50. The lowest BCUT2D eigenvalue weighted by molar-refractivity contribution is 0.0908. The minimum Gasteiger partial charge on any atom is -0.311 e. The summed E-state index contributed by atoms with van der Waals surface area (Å²) in [7, 11) is 0. The number of hydrogen-bond acceptors (Lipinski definition) is 2. The van der Waals surface area contributed by atoms with Crippen LogP contribution in [0.1, 0.15) is 72.1 Å². The highest BCUT2D eigenvalue weighted by Gasteiger charge is 2.37. The molecule has 0 aromatic heterocycles. The molecule has 0 spiro atoms. The molecule has 2 aliphatic heterocycles. The summed E-state index contributed by atoms with van der Waals surface area (Å²) < 4.78 is 0. The summed E-state index contributed by atoms with van der Waals surface area (Å²) >= 11 is 0. The summed E-state index contributed by atoms with van der Waals surface area (Å²) in [6, 6.07) is 3.34. The largest absolute Gasteiger partial charge is 0.311 e. The Morgan fingerprint density at radius 1 is 1.11 bits per heavy atom. The first-order valence-electron chi connectivity index (χ1n) is 8.30. The summed E-state index contributed by atoms with van der Waals surface area (Å²) in [6.07, 6.45) is 11.1. The number of nitrogens with one attached hydrogen (secondary N) is 1. The quantitative estimate of drug-likeness (QED) is 0.745. The van der Waals surface area contributed by atoms with Crippen molar-refractivity contribution in [3.05, 3.63) is 0 Å². The molecule has 0 aliphatic carbocycles. The zero-order valence-corrected chi connectivity index (χ0v) is 12.6. The molecule has 2 aliphatic rings. The molecule has 2 nitrogen and oxygen atoms in total. The average molecular weight is 252 g/mol. The Labute approximate surface area is 114 Å². The van der Waals surface area contributed by atoms with Crippen LogP contribution >= 0.6 is 0 Å². The highest BCUT2D eigenvalue weighted by atomic mass is 15.2. The Morgan fingerprint density at radius 3 is 2.28 bits per heavy atom. The number of nitrogens with zero attached hydrogens (tertiary/aromatic N) is 1.